The van der Waals surface area contributed by atoms with Crippen LogP contribution in [0.4, 0.5) is 22.7 Å². The van der Waals surface area contributed by atoms with E-state index in [-0.39, 0.29) is 11.8 Å². The van der Waals surface area contributed by atoms with Crippen LogP contribution in [-0.4, -0.2) is 26.0 Å². The van der Waals surface area contributed by atoms with Crippen LogP contribution in [0.1, 0.15) is 17.3 Å². The lowest BCUT2D eigenvalue weighted by Gasteiger charge is -2.14. The van der Waals surface area contributed by atoms with Gasteiger partial charge < -0.3 is 25.4 Å². The number of hydrogen-bond acceptors (Lipinski definition) is 5. The van der Waals surface area contributed by atoms with Crippen LogP contribution >= 0.6 is 0 Å². The number of anilines is 4. The van der Waals surface area contributed by atoms with Crippen molar-refractivity contribution >= 4 is 34.6 Å². The van der Waals surface area contributed by atoms with E-state index in [1.807, 2.05) is 36.4 Å². The normalized spacial score (nSPS) is 10.1. The molecule has 2 amide bonds. The highest BCUT2D eigenvalue weighted by atomic mass is 16.5. The summed E-state index contributed by atoms with van der Waals surface area (Å²) in [6.07, 6.45) is 0. The lowest BCUT2D eigenvalue weighted by atomic mass is 10.1. The average Bonchev–Trinajstić information content (AvgIpc) is 2.74. The molecule has 3 N–H and O–H groups in total. The largest absolute Gasteiger partial charge is 0.497 e. The number of nitrogens with one attached hydrogen (secondary N) is 3. The summed E-state index contributed by atoms with van der Waals surface area (Å²) in [6, 6.07) is 19.7. The first-order chi connectivity index (χ1) is 14.5. The van der Waals surface area contributed by atoms with Gasteiger partial charge in [-0.05, 0) is 54.6 Å². The van der Waals surface area contributed by atoms with Crippen molar-refractivity contribution in [3.8, 4) is 11.5 Å². The van der Waals surface area contributed by atoms with E-state index in [9.17, 15) is 9.59 Å². The summed E-state index contributed by atoms with van der Waals surface area (Å²) in [5.41, 5.74) is 2.98. The molecule has 7 heteroatoms. The van der Waals surface area contributed by atoms with E-state index in [0.29, 0.717) is 28.4 Å². The Morgan fingerprint density at radius 2 is 1.47 bits per heavy atom. The minimum absolute atomic E-state index is 0.231. The number of rotatable bonds is 7. The first-order valence-corrected chi connectivity index (χ1v) is 9.27. The van der Waals surface area contributed by atoms with E-state index in [0.717, 1.165) is 11.4 Å². The van der Waals surface area contributed by atoms with Crippen LogP contribution in [0.15, 0.2) is 66.7 Å². The third kappa shape index (κ3) is 5.08. The lowest BCUT2D eigenvalue weighted by molar-refractivity contribution is -0.114. The van der Waals surface area contributed by atoms with Crippen LogP contribution < -0.4 is 25.4 Å². The van der Waals surface area contributed by atoms with Gasteiger partial charge in [0.25, 0.3) is 5.91 Å². The molecule has 0 heterocycles. The van der Waals surface area contributed by atoms with Gasteiger partial charge in [0.2, 0.25) is 5.91 Å². The minimum atomic E-state index is -0.287. The number of para-hydroxylation sites is 1. The van der Waals surface area contributed by atoms with Gasteiger partial charge in [0, 0.05) is 18.3 Å². The topological polar surface area (TPSA) is 88.7 Å². The van der Waals surface area contributed by atoms with Gasteiger partial charge in [0.15, 0.2) is 0 Å². The summed E-state index contributed by atoms with van der Waals surface area (Å²) in [5, 5.41) is 8.81. The van der Waals surface area contributed by atoms with Gasteiger partial charge in [0.05, 0.1) is 31.2 Å². The van der Waals surface area contributed by atoms with Gasteiger partial charge in [-0.1, -0.05) is 12.1 Å². The molecule has 3 aromatic rings. The third-order valence-corrected chi connectivity index (χ3v) is 4.31. The van der Waals surface area contributed by atoms with Crippen LogP contribution in [0.25, 0.3) is 0 Å². The molecule has 0 aliphatic carbocycles. The van der Waals surface area contributed by atoms with Crippen molar-refractivity contribution in [2.75, 3.05) is 30.2 Å². The summed E-state index contributed by atoms with van der Waals surface area (Å²) >= 11 is 0. The van der Waals surface area contributed by atoms with Crippen LogP contribution in [0.2, 0.25) is 0 Å². The van der Waals surface area contributed by atoms with Crippen LogP contribution in [0.3, 0.4) is 0 Å². The Bertz CT molecular complexity index is 1050. The summed E-state index contributed by atoms with van der Waals surface area (Å²) in [6.45, 7) is 1.41. The average molecular weight is 405 g/mol. The molecule has 0 fully saturated rings. The summed E-state index contributed by atoms with van der Waals surface area (Å²) < 4.78 is 10.4. The maximum absolute atomic E-state index is 12.9. The molecule has 0 aromatic heterocycles. The standard InChI is InChI=1S/C23H23N3O4/c1-15(27)24-21-14-17(10-13-22(21)30-3)26-23(28)19-6-4-5-7-20(19)25-16-8-11-18(29-2)12-9-16/h4-14,25H,1-3H3,(H,24,27)(H,26,28). The maximum atomic E-state index is 12.9. The zero-order valence-electron chi connectivity index (χ0n) is 17.0. The fourth-order valence-corrected chi connectivity index (χ4v) is 2.89. The second kappa shape index (κ2) is 9.47. The fraction of sp³-hybridized carbons (Fsp3) is 0.130. The molecule has 0 bridgehead atoms. The number of hydrogen-bond donors (Lipinski definition) is 3. The Balaban J connectivity index is 1.81. The van der Waals surface area contributed by atoms with Crippen molar-refractivity contribution < 1.29 is 19.1 Å². The number of carbonyl (C=O) groups is 2. The lowest BCUT2D eigenvalue weighted by Crippen LogP contribution is -2.14. The minimum Gasteiger partial charge on any atom is -0.497 e. The zero-order chi connectivity index (χ0) is 21.5. The van der Waals surface area contributed by atoms with Crippen molar-refractivity contribution in [1.82, 2.24) is 0 Å². The Hall–Kier alpha value is -4.00. The maximum Gasteiger partial charge on any atom is 0.257 e. The van der Waals surface area contributed by atoms with Crippen LogP contribution in [0, 0.1) is 0 Å². The molecule has 0 spiro atoms. The highest BCUT2D eigenvalue weighted by Crippen LogP contribution is 2.29. The first kappa shape index (κ1) is 20.7. The van der Waals surface area contributed by atoms with E-state index in [1.54, 1.807) is 37.4 Å². The second-order valence-corrected chi connectivity index (χ2v) is 6.45. The number of carbonyl (C=O) groups excluding carboxylic acids is 2. The van der Waals surface area contributed by atoms with Crippen molar-refractivity contribution in [3.63, 3.8) is 0 Å². The zero-order valence-corrected chi connectivity index (χ0v) is 17.0. The molecular weight excluding hydrogens is 382 g/mol. The molecule has 0 aliphatic rings. The number of methoxy groups -OCH3 is 2. The Morgan fingerprint density at radius 3 is 2.13 bits per heavy atom. The van der Waals surface area contributed by atoms with E-state index in [1.165, 1.54) is 14.0 Å². The third-order valence-electron chi connectivity index (χ3n) is 4.31. The molecule has 0 unspecified atom stereocenters. The molecule has 30 heavy (non-hydrogen) atoms. The summed E-state index contributed by atoms with van der Waals surface area (Å²) in [7, 11) is 3.12. The SMILES string of the molecule is COc1ccc(Nc2ccccc2C(=O)Nc2ccc(OC)c(NC(C)=O)c2)cc1. The molecular formula is C23H23N3O4. The molecule has 3 aromatic carbocycles. The Labute approximate surface area is 175 Å². The molecule has 0 saturated carbocycles. The predicted octanol–water partition coefficient (Wildman–Crippen LogP) is 4.66. The van der Waals surface area contributed by atoms with E-state index in [2.05, 4.69) is 16.0 Å². The van der Waals surface area contributed by atoms with Gasteiger partial charge in [-0.3, -0.25) is 9.59 Å². The van der Waals surface area contributed by atoms with Gasteiger partial charge in [-0.25, -0.2) is 0 Å². The van der Waals surface area contributed by atoms with Crippen molar-refractivity contribution in [2.24, 2.45) is 0 Å². The predicted molar refractivity (Wildman–Crippen MR) is 118 cm³/mol. The molecule has 0 atom stereocenters. The van der Waals surface area contributed by atoms with Crippen LogP contribution in [0.5, 0.6) is 11.5 Å². The van der Waals surface area contributed by atoms with Gasteiger partial charge in [-0.15, -0.1) is 0 Å². The summed E-state index contributed by atoms with van der Waals surface area (Å²) in [5.74, 6) is 0.738. The molecule has 0 saturated heterocycles. The number of amides is 2. The highest BCUT2D eigenvalue weighted by Gasteiger charge is 2.13. The van der Waals surface area contributed by atoms with Crippen molar-refractivity contribution in [1.29, 1.82) is 0 Å². The van der Waals surface area contributed by atoms with Crippen LogP contribution in [-0.2, 0) is 4.79 Å². The van der Waals surface area contributed by atoms with Crippen molar-refractivity contribution in [2.45, 2.75) is 6.92 Å². The van der Waals surface area contributed by atoms with E-state index < -0.39 is 0 Å². The number of benzene rings is 3. The monoisotopic (exact) mass is 405 g/mol. The first-order valence-electron chi connectivity index (χ1n) is 9.27. The quantitative estimate of drug-likeness (QED) is 0.532. The van der Waals surface area contributed by atoms with Gasteiger partial charge in [0.1, 0.15) is 11.5 Å². The molecule has 0 aliphatic heterocycles. The highest BCUT2D eigenvalue weighted by molar-refractivity contribution is 6.08. The van der Waals surface area contributed by atoms with Crippen molar-refractivity contribution in [3.05, 3.63) is 72.3 Å². The molecule has 0 radical (unpaired) electrons. The Kier molecular flexibility index (Phi) is 6.54. The second-order valence-electron chi connectivity index (χ2n) is 6.45. The smallest absolute Gasteiger partial charge is 0.257 e. The van der Waals surface area contributed by atoms with Gasteiger partial charge in [-0.2, -0.15) is 0 Å². The molecule has 154 valence electrons. The molecule has 7 nitrogen and oxygen atoms in total. The fourth-order valence-electron chi connectivity index (χ4n) is 2.89. The number of ether oxygens (including phenoxy) is 2. The summed E-state index contributed by atoms with van der Waals surface area (Å²) in [4.78, 5) is 24.3. The Morgan fingerprint density at radius 1 is 0.767 bits per heavy atom. The van der Waals surface area contributed by atoms with E-state index in [4.69, 9.17) is 9.47 Å². The van der Waals surface area contributed by atoms with E-state index >= 15 is 0 Å². The molecule has 3 rings (SSSR count). The van der Waals surface area contributed by atoms with Gasteiger partial charge >= 0.3 is 0 Å².